The number of ether oxygens (including phenoxy) is 1. The molecule has 2 rings (SSSR count). The van der Waals surface area contributed by atoms with E-state index in [1.54, 1.807) is 13.2 Å². The van der Waals surface area contributed by atoms with E-state index in [2.05, 4.69) is 15.6 Å². The third kappa shape index (κ3) is 5.45. The van der Waals surface area contributed by atoms with Crippen molar-refractivity contribution in [2.24, 2.45) is 4.99 Å². The molecule has 0 radical (unpaired) electrons. The summed E-state index contributed by atoms with van der Waals surface area (Å²) in [6.45, 7) is 7.40. The van der Waals surface area contributed by atoms with Crippen LogP contribution >= 0.6 is 0 Å². The Labute approximate surface area is 148 Å². The summed E-state index contributed by atoms with van der Waals surface area (Å²) in [4.78, 5) is 4.61. The largest absolute Gasteiger partial charge is 0.504 e. The van der Waals surface area contributed by atoms with Crippen LogP contribution in [-0.2, 0) is 6.42 Å². The molecule has 0 amide bonds. The molecule has 0 fully saturated rings. The Balaban J connectivity index is 1.97. The molecule has 1 aromatic heterocycles. The van der Waals surface area contributed by atoms with Gasteiger partial charge in [-0.3, -0.25) is 4.99 Å². The van der Waals surface area contributed by atoms with Gasteiger partial charge in [-0.15, -0.1) is 0 Å². The molecular formula is C19H27N3O3. The van der Waals surface area contributed by atoms with Gasteiger partial charge in [-0.2, -0.15) is 0 Å². The van der Waals surface area contributed by atoms with Crippen LogP contribution in [0.2, 0.25) is 0 Å². The molecular weight excluding hydrogens is 318 g/mol. The second-order valence-corrected chi connectivity index (χ2v) is 5.83. The third-order valence-electron chi connectivity index (χ3n) is 3.80. The second-order valence-electron chi connectivity index (χ2n) is 5.83. The molecule has 0 aliphatic rings. The van der Waals surface area contributed by atoms with Gasteiger partial charge in [0, 0.05) is 13.1 Å². The number of hydrogen-bond acceptors (Lipinski definition) is 4. The monoisotopic (exact) mass is 345 g/mol. The predicted molar refractivity (Wildman–Crippen MR) is 99.3 cm³/mol. The number of benzene rings is 1. The molecule has 1 atom stereocenters. The fourth-order valence-electron chi connectivity index (χ4n) is 2.46. The number of aliphatic imine (C=N–C) groups is 1. The summed E-state index contributed by atoms with van der Waals surface area (Å²) in [6, 6.07) is 9.30. The van der Waals surface area contributed by atoms with E-state index in [0.717, 1.165) is 36.0 Å². The standard InChI is InChI=1S/C19H27N3O3/c1-5-20-19(22-14(3)17-9-6-13(2)25-17)21-11-10-15-7-8-16(23)18(12-15)24-4/h6-9,12,14,23H,5,10-11H2,1-4H3,(H2,20,21,22). The molecule has 3 N–H and O–H groups in total. The van der Waals surface area contributed by atoms with Crippen molar-refractivity contribution >= 4 is 5.96 Å². The highest BCUT2D eigenvalue weighted by Crippen LogP contribution is 2.26. The van der Waals surface area contributed by atoms with Crippen molar-refractivity contribution in [1.29, 1.82) is 0 Å². The number of phenols is 1. The third-order valence-corrected chi connectivity index (χ3v) is 3.80. The minimum absolute atomic E-state index is 0.0280. The molecule has 25 heavy (non-hydrogen) atoms. The average Bonchev–Trinajstić information content (AvgIpc) is 3.03. The van der Waals surface area contributed by atoms with E-state index in [4.69, 9.17) is 9.15 Å². The van der Waals surface area contributed by atoms with Crippen LogP contribution in [0.1, 0.15) is 37.0 Å². The first kappa shape index (κ1) is 18.7. The van der Waals surface area contributed by atoms with Crippen LogP contribution in [0.15, 0.2) is 39.7 Å². The van der Waals surface area contributed by atoms with Gasteiger partial charge in [-0.05, 0) is 57.0 Å². The maximum atomic E-state index is 9.65. The van der Waals surface area contributed by atoms with E-state index in [1.807, 2.05) is 45.0 Å². The Bertz CT molecular complexity index is 710. The summed E-state index contributed by atoms with van der Waals surface area (Å²) >= 11 is 0. The zero-order valence-electron chi connectivity index (χ0n) is 15.3. The van der Waals surface area contributed by atoms with Gasteiger partial charge >= 0.3 is 0 Å². The Morgan fingerprint density at radius 2 is 2.12 bits per heavy atom. The smallest absolute Gasteiger partial charge is 0.191 e. The second kappa shape index (κ2) is 9.01. The van der Waals surface area contributed by atoms with Crippen LogP contribution in [0.3, 0.4) is 0 Å². The molecule has 2 aromatic rings. The summed E-state index contributed by atoms with van der Waals surface area (Å²) in [5.74, 6) is 3.15. The van der Waals surface area contributed by atoms with Gasteiger partial charge in [0.2, 0.25) is 0 Å². The molecule has 0 saturated carbocycles. The molecule has 0 saturated heterocycles. The Morgan fingerprint density at radius 1 is 1.32 bits per heavy atom. The van der Waals surface area contributed by atoms with Gasteiger partial charge in [0.15, 0.2) is 17.5 Å². The normalized spacial score (nSPS) is 12.7. The minimum Gasteiger partial charge on any atom is -0.504 e. The first-order valence-corrected chi connectivity index (χ1v) is 8.50. The summed E-state index contributed by atoms with van der Waals surface area (Å²) in [6.07, 6.45) is 0.751. The van der Waals surface area contributed by atoms with Crippen molar-refractivity contribution in [2.75, 3.05) is 20.2 Å². The van der Waals surface area contributed by atoms with Crippen LogP contribution in [0.25, 0.3) is 0 Å². The SMILES string of the molecule is CCNC(=NCCc1ccc(O)c(OC)c1)NC(C)c1ccc(C)o1. The molecule has 0 aliphatic carbocycles. The minimum atomic E-state index is 0.0280. The number of hydrogen-bond donors (Lipinski definition) is 3. The number of phenolic OH excluding ortho intramolecular Hbond substituents is 1. The Kier molecular flexibility index (Phi) is 6.74. The van der Waals surface area contributed by atoms with Crippen LogP contribution in [0.5, 0.6) is 11.5 Å². The fraction of sp³-hybridized carbons (Fsp3) is 0.421. The lowest BCUT2D eigenvalue weighted by Crippen LogP contribution is -2.38. The van der Waals surface area contributed by atoms with E-state index in [1.165, 1.54) is 0 Å². The van der Waals surface area contributed by atoms with Crippen LogP contribution < -0.4 is 15.4 Å². The van der Waals surface area contributed by atoms with Crippen molar-refractivity contribution < 1.29 is 14.3 Å². The van der Waals surface area contributed by atoms with Crippen LogP contribution in [-0.4, -0.2) is 31.3 Å². The van der Waals surface area contributed by atoms with E-state index >= 15 is 0 Å². The number of aromatic hydroxyl groups is 1. The molecule has 1 aromatic carbocycles. The first-order chi connectivity index (χ1) is 12.0. The fourth-order valence-corrected chi connectivity index (χ4v) is 2.46. The van der Waals surface area contributed by atoms with Crippen molar-refractivity contribution in [3.05, 3.63) is 47.4 Å². The van der Waals surface area contributed by atoms with E-state index < -0.39 is 0 Å². The number of rotatable bonds is 7. The quantitative estimate of drug-likeness (QED) is 0.531. The highest BCUT2D eigenvalue weighted by atomic mass is 16.5. The molecule has 6 nitrogen and oxygen atoms in total. The molecule has 6 heteroatoms. The lowest BCUT2D eigenvalue weighted by atomic mass is 10.1. The number of nitrogens with one attached hydrogen (secondary N) is 2. The van der Waals surface area contributed by atoms with Crippen molar-refractivity contribution in [3.63, 3.8) is 0 Å². The number of nitrogens with zero attached hydrogens (tertiary/aromatic N) is 1. The average molecular weight is 345 g/mol. The highest BCUT2D eigenvalue weighted by molar-refractivity contribution is 5.80. The zero-order chi connectivity index (χ0) is 18.2. The number of aryl methyl sites for hydroxylation is 1. The summed E-state index contributed by atoms with van der Waals surface area (Å²) in [5.41, 5.74) is 1.06. The van der Waals surface area contributed by atoms with Gasteiger partial charge in [0.1, 0.15) is 11.5 Å². The Morgan fingerprint density at radius 3 is 2.76 bits per heavy atom. The highest BCUT2D eigenvalue weighted by Gasteiger charge is 2.11. The lowest BCUT2D eigenvalue weighted by Gasteiger charge is -2.16. The van der Waals surface area contributed by atoms with Gasteiger partial charge in [0.05, 0.1) is 13.2 Å². The zero-order valence-corrected chi connectivity index (χ0v) is 15.3. The number of methoxy groups -OCH3 is 1. The Hall–Kier alpha value is -2.63. The van der Waals surface area contributed by atoms with E-state index in [0.29, 0.717) is 12.3 Å². The summed E-state index contributed by atoms with van der Waals surface area (Å²) in [7, 11) is 1.54. The van der Waals surface area contributed by atoms with Gasteiger partial charge in [-0.1, -0.05) is 6.07 Å². The molecule has 1 heterocycles. The molecule has 0 spiro atoms. The van der Waals surface area contributed by atoms with Gasteiger partial charge in [0.25, 0.3) is 0 Å². The van der Waals surface area contributed by atoms with E-state index in [-0.39, 0.29) is 11.8 Å². The molecule has 1 unspecified atom stereocenters. The maximum absolute atomic E-state index is 9.65. The topological polar surface area (TPSA) is 79.0 Å². The lowest BCUT2D eigenvalue weighted by molar-refractivity contribution is 0.373. The molecule has 136 valence electrons. The first-order valence-electron chi connectivity index (χ1n) is 8.50. The van der Waals surface area contributed by atoms with Crippen LogP contribution in [0, 0.1) is 6.92 Å². The van der Waals surface area contributed by atoms with Crippen LogP contribution in [0.4, 0.5) is 0 Å². The van der Waals surface area contributed by atoms with Crippen molar-refractivity contribution in [3.8, 4) is 11.5 Å². The predicted octanol–water partition coefficient (Wildman–Crippen LogP) is 3.16. The molecule has 0 aliphatic heterocycles. The van der Waals surface area contributed by atoms with Crippen molar-refractivity contribution in [2.45, 2.75) is 33.2 Å². The summed E-state index contributed by atoms with van der Waals surface area (Å²) in [5, 5.41) is 16.2. The summed E-state index contributed by atoms with van der Waals surface area (Å²) < 4.78 is 10.8. The molecule has 0 bridgehead atoms. The number of furan rings is 1. The van der Waals surface area contributed by atoms with E-state index in [9.17, 15) is 5.11 Å². The van der Waals surface area contributed by atoms with Crippen molar-refractivity contribution in [1.82, 2.24) is 10.6 Å². The maximum Gasteiger partial charge on any atom is 0.191 e. The van der Waals surface area contributed by atoms with Gasteiger partial charge < -0.3 is 24.9 Å². The van der Waals surface area contributed by atoms with Gasteiger partial charge in [-0.25, -0.2) is 0 Å². The number of guanidine groups is 1.